The molecule has 25 heavy (non-hydrogen) atoms. The van der Waals surface area contributed by atoms with Crippen molar-refractivity contribution in [3.63, 3.8) is 0 Å². The molecule has 0 aliphatic rings. The summed E-state index contributed by atoms with van der Waals surface area (Å²) in [6.45, 7) is 7.52. The van der Waals surface area contributed by atoms with E-state index in [0.717, 1.165) is 17.0 Å². The zero-order valence-electron chi connectivity index (χ0n) is 15.2. The van der Waals surface area contributed by atoms with Crippen LogP contribution in [0.4, 0.5) is 0 Å². The minimum absolute atomic E-state index is 0.128. The van der Waals surface area contributed by atoms with Crippen LogP contribution >= 0.6 is 0 Å². The van der Waals surface area contributed by atoms with E-state index >= 15 is 0 Å². The van der Waals surface area contributed by atoms with Gasteiger partial charge in [-0.2, -0.15) is 0 Å². The van der Waals surface area contributed by atoms with Gasteiger partial charge in [-0.25, -0.2) is 0 Å². The molecule has 0 saturated carbocycles. The van der Waals surface area contributed by atoms with Gasteiger partial charge in [-0.3, -0.25) is 20.4 Å². The molecule has 134 valence electrons. The number of hydrogen-bond acceptors (Lipinski definition) is 3. The Morgan fingerprint density at radius 1 is 1.08 bits per heavy atom. The van der Waals surface area contributed by atoms with Crippen molar-refractivity contribution in [1.29, 1.82) is 0 Å². The average molecular weight is 344 g/mol. The molecule has 0 radical (unpaired) electrons. The lowest BCUT2D eigenvalue weighted by atomic mass is 9.87. The van der Waals surface area contributed by atoms with Gasteiger partial charge in [0, 0.05) is 5.56 Å². The highest BCUT2D eigenvalue weighted by Crippen LogP contribution is 2.21. The summed E-state index contributed by atoms with van der Waals surface area (Å²) in [7, 11) is 1.94. The van der Waals surface area contributed by atoms with Crippen molar-refractivity contribution >= 4 is 11.8 Å². The predicted octanol–water partition coefficient (Wildman–Crippen LogP) is 1.05. The fourth-order valence-corrected chi connectivity index (χ4v) is 2.45. The van der Waals surface area contributed by atoms with Crippen molar-refractivity contribution in [2.75, 3.05) is 13.6 Å². The maximum absolute atomic E-state index is 11.9. The number of hydrogen-bond donors (Lipinski definition) is 3. The van der Waals surface area contributed by atoms with Gasteiger partial charge in [0.2, 0.25) is 0 Å². The number of furan rings is 1. The number of amides is 2. The van der Waals surface area contributed by atoms with E-state index in [1.165, 1.54) is 17.9 Å². The standard InChI is InChI=1S/C19H25N3O3/c1-19(2,3)15-9-7-14(8-10-15)12-22(4)13-17(23)20-21-18(24)16-6-5-11-25-16/h5-11H,12-13H2,1-4H3,(H,20,23)(H,21,24)/p+1. The molecular formula is C19H26N3O3+. The minimum Gasteiger partial charge on any atom is -0.459 e. The second-order valence-corrected chi connectivity index (χ2v) is 7.24. The highest BCUT2D eigenvalue weighted by Gasteiger charge is 2.15. The van der Waals surface area contributed by atoms with E-state index < -0.39 is 5.91 Å². The van der Waals surface area contributed by atoms with Crippen LogP contribution in [0, 0.1) is 0 Å². The first-order valence-corrected chi connectivity index (χ1v) is 8.29. The van der Waals surface area contributed by atoms with Crippen molar-refractivity contribution in [3.8, 4) is 0 Å². The van der Waals surface area contributed by atoms with Crippen molar-refractivity contribution in [3.05, 3.63) is 59.5 Å². The van der Waals surface area contributed by atoms with Crippen molar-refractivity contribution in [1.82, 2.24) is 10.9 Å². The molecule has 1 atom stereocenters. The van der Waals surface area contributed by atoms with E-state index in [1.807, 2.05) is 7.05 Å². The second-order valence-electron chi connectivity index (χ2n) is 7.24. The lowest BCUT2D eigenvalue weighted by molar-refractivity contribution is -0.885. The van der Waals surface area contributed by atoms with Crippen molar-refractivity contribution in [2.24, 2.45) is 0 Å². The maximum atomic E-state index is 11.9. The zero-order valence-corrected chi connectivity index (χ0v) is 15.2. The van der Waals surface area contributed by atoms with E-state index in [2.05, 4.69) is 55.9 Å². The fourth-order valence-electron chi connectivity index (χ4n) is 2.45. The van der Waals surface area contributed by atoms with Crippen LogP contribution < -0.4 is 15.8 Å². The summed E-state index contributed by atoms with van der Waals surface area (Å²) in [5.74, 6) is -0.586. The first-order valence-electron chi connectivity index (χ1n) is 8.29. The van der Waals surface area contributed by atoms with Crippen LogP contribution in [0.5, 0.6) is 0 Å². The van der Waals surface area contributed by atoms with Crippen LogP contribution in [0.2, 0.25) is 0 Å². The second kappa shape index (κ2) is 7.98. The van der Waals surface area contributed by atoms with Crippen LogP contribution in [0.1, 0.15) is 42.5 Å². The van der Waals surface area contributed by atoms with Crippen LogP contribution in [0.3, 0.4) is 0 Å². The molecule has 2 amide bonds. The number of benzene rings is 1. The lowest BCUT2D eigenvalue weighted by Gasteiger charge is -2.19. The molecule has 2 rings (SSSR count). The average Bonchev–Trinajstić information content (AvgIpc) is 3.06. The topological polar surface area (TPSA) is 75.8 Å². The van der Waals surface area contributed by atoms with E-state index in [-0.39, 0.29) is 23.6 Å². The van der Waals surface area contributed by atoms with E-state index in [0.29, 0.717) is 0 Å². The third-order valence-corrected chi connectivity index (χ3v) is 3.85. The molecule has 0 fully saturated rings. The van der Waals surface area contributed by atoms with Gasteiger partial charge >= 0.3 is 5.91 Å². The molecule has 0 bridgehead atoms. The predicted molar refractivity (Wildman–Crippen MR) is 94.9 cm³/mol. The molecular weight excluding hydrogens is 318 g/mol. The van der Waals surface area contributed by atoms with Gasteiger partial charge in [0.15, 0.2) is 12.3 Å². The largest absolute Gasteiger partial charge is 0.459 e. The molecule has 3 N–H and O–H groups in total. The van der Waals surface area contributed by atoms with Crippen LogP contribution in [-0.4, -0.2) is 25.4 Å². The van der Waals surface area contributed by atoms with Gasteiger partial charge in [0.05, 0.1) is 13.3 Å². The third kappa shape index (κ3) is 5.76. The number of rotatable bonds is 5. The Bertz CT molecular complexity index is 701. The Morgan fingerprint density at radius 3 is 2.32 bits per heavy atom. The number of carbonyl (C=O) groups excluding carboxylic acids is 2. The Hall–Kier alpha value is -2.60. The zero-order chi connectivity index (χ0) is 18.4. The van der Waals surface area contributed by atoms with Crippen LogP contribution in [0.15, 0.2) is 47.1 Å². The van der Waals surface area contributed by atoms with E-state index in [9.17, 15) is 9.59 Å². The highest BCUT2D eigenvalue weighted by atomic mass is 16.3. The monoisotopic (exact) mass is 344 g/mol. The van der Waals surface area contributed by atoms with E-state index in [4.69, 9.17) is 4.42 Å². The molecule has 0 spiro atoms. The Labute approximate surface area is 148 Å². The third-order valence-electron chi connectivity index (χ3n) is 3.85. The number of nitrogens with one attached hydrogen (secondary N) is 3. The molecule has 1 unspecified atom stereocenters. The summed E-state index contributed by atoms with van der Waals surface area (Å²) in [4.78, 5) is 24.6. The molecule has 0 aliphatic heterocycles. The van der Waals surface area contributed by atoms with Crippen molar-refractivity contribution in [2.45, 2.75) is 32.7 Å². The van der Waals surface area contributed by atoms with Gasteiger partial charge in [-0.1, -0.05) is 45.0 Å². The molecule has 0 saturated heterocycles. The highest BCUT2D eigenvalue weighted by molar-refractivity contribution is 5.92. The minimum atomic E-state index is -0.478. The first-order chi connectivity index (χ1) is 11.8. The smallest absolute Gasteiger partial charge is 0.305 e. The summed E-state index contributed by atoms with van der Waals surface area (Å²) >= 11 is 0. The molecule has 6 nitrogen and oxygen atoms in total. The first kappa shape index (κ1) is 18.7. The Kier molecular flexibility index (Phi) is 5.98. The number of likely N-dealkylation sites (N-methyl/N-ethyl adjacent to an activating group) is 1. The molecule has 0 aliphatic carbocycles. The quantitative estimate of drug-likeness (QED) is 0.710. The summed E-state index contributed by atoms with van der Waals surface area (Å²) in [5, 5.41) is 0. The normalized spacial score (nSPS) is 12.5. The summed E-state index contributed by atoms with van der Waals surface area (Å²) in [5.41, 5.74) is 7.31. The Balaban J connectivity index is 1.78. The summed E-state index contributed by atoms with van der Waals surface area (Å²) < 4.78 is 4.95. The van der Waals surface area contributed by atoms with Crippen molar-refractivity contribution < 1.29 is 18.9 Å². The maximum Gasteiger partial charge on any atom is 0.305 e. The molecule has 1 heterocycles. The van der Waals surface area contributed by atoms with Gasteiger partial charge < -0.3 is 9.32 Å². The van der Waals surface area contributed by atoms with E-state index in [1.54, 1.807) is 6.07 Å². The number of hydrazine groups is 1. The molecule has 6 heteroatoms. The van der Waals surface area contributed by atoms with Gasteiger partial charge in [0.1, 0.15) is 6.54 Å². The summed E-state index contributed by atoms with van der Waals surface area (Å²) in [6.07, 6.45) is 1.40. The number of quaternary nitrogens is 1. The SMILES string of the molecule is C[NH+](CC(=O)NNC(=O)c1ccco1)Cc1ccc(C(C)(C)C)cc1. The molecule has 1 aromatic carbocycles. The number of carbonyl (C=O) groups is 2. The Morgan fingerprint density at radius 2 is 1.76 bits per heavy atom. The summed E-state index contributed by atoms with van der Waals surface area (Å²) in [6, 6.07) is 11.6. The van der Waals surface area contributed by atoms with Crippen LogP contribution in [-0.2, 0) is 16.8 Å². The van der Waals surface area contributed by atoms with Gasteiger partial charge in [0.25, 0.3) is 5.91 Å². The van der Waals surface area contributed by atoms with Gasteiger partial charge in [-0.05, 0) is 23.1 Å². The fraction of sp³-hybridized carbons (Fsp3) is 0.368. The van der Waals surface area contributed by atoms with Gasteiger partial charge in [-0.15, -0.1) is 0 Å². The molecule has 1 aromatic heterocycles. The lowest BCUT2D eigenvalue weighted by Crippen LogP contribution is -3.09. The molecule has 2 aromatic rings. The van der Waals surface area contributed by atoms with Crippen LogP contribution in [0.25, 0.3) is 0 Å².